The lowest BCUT2D eigenvalue weighted by Gasteiger charge is -2.16. The van der Waals surface area contributed by atoms with Gasteiger partial charge in [0.1, 0.15) is 0 Å². The summed E-state index contributed by atoms with van der Waals surface area (Å²) in [5.74, 6) is 0. The summed E-state index contributed by atoms with van der Waals surface area (Å²) in [6.45, 7) is 6.98. The maximum Gasteiger partial charge on any atom is 0.0912 e. The number of rotatable bonds is 2. The summed E-state index contributed by atoms with van der Waals surface area (Å²) >= 11 is 0. The van der Waals surface area contributed by atoms with Crippen LogP contribution in [0.2, 0.25) is 19.6 Å². The van der Waals surface area contributed by atoms with Crippen LogP contribution in [0.25, 0.3) is 6.08 Å². The second-order valence-corrected chi connectivity index (χ2v) is 9.41. The number of nitriles is 1. The molecule has 0 N–H and O–H groups in total. The third-order valence-electron chi connectivity index (χ3n) is 2.13. The zero-order valence-electron chi connectivity index (χ0n) is 8.91. The van der Waals surface area contributed by atoms with Crippen LogP contribution in [0.5, 0.6) is 0 Å². The van der Waals surface area contributed by atoms with Crippen molar-refractivity contribution in [1.82, 2.24) is 0 Å². The Morgan fingerprint density at radius 3 is 2.14 bits per heavy atom. The maximum atomic E-state index is 8.38. The first-order chi connectivity index (χ1) is 6.54. The highest BCUT2D eigenvalue weighted by Crippen LogP contribution is 2.05. The van der Waals surface area contributed by atoms with E-state index in [1.54, 1.807) is 0 Å². The molecule has 0 aliphatic heterocycles. The minimum atomic E-state index is -1.18. The first-order valence-electron chi connectivity index (χ1n) is 4.71. The minimum Gasteiger partial charge on any atom is -0.193 e. The maximum absolute atomic E-state index is 8.38. The summed E-state index contributed by atoms with van der Waals surface area (Å²) < 4.78 is 0. The lowest BCUT2D eigenvalue weighted by atomic mass is 10.2. The molecule has 0 spiro atoms. The molecule has 72 valence electrons. The van der Waals surface area contributed by atoms with Crippen molar-refractivity contribution in [2.24, 2.45) is 0 Å². The molecule has 0 radical (unpaired) electrons. The zero-order valence-corrected chi connectivity index (χ0v) is 9.91. The van der Waals surface area contributed by atoms with Gasteiger partial charge in [0.15, 0.2) is 0 Å². The fourth-order valence-corrected chi connectivity index (χ4v) is 2.39. The van der Waals surface area contributed by atoms with Crippen LogP contribution >= 0.6 is 0 Å². The smallest absolute Gasteiger partial charge is 0.0912 e. The molecule has 2 heteroatoms. The van der Waals surface area contributed by atoms with Crippen LogP contribution < -0.4 is 5.19 Å². The lowest BCUT2D eigenvalue weighted by Crippen LogP contribution is -2.37. The van der Waals surface area contributed by atoms with E-state index in [0.29, 0.717) is 0 Å². The van der Waals surface area contributed by atoms with E-state index >= 15 is 0 Å². The SMILES string of the molecule is C[Si](C)(C)c1ccc(C=CC#N)cc1. The molecule has 1 rings (SSSR count). The molecule has 0 atom stereocenters. The molecule has 14 heavy (non-hydrogen) atoms. The van der Waals surface area contributed by atoms with Crippen molar-refractivity contribution in [2.75, 3.05) is 0 Å². The standard InChI is InChI=1S/C12H15NSi/c1-14(2,3)12-8-6-11(7-9-12)5-4-10-13/h4-9H,1-3H3. The molecule has 0 unspecified atom stereocenters. The van der Waals surface area contributed by atoms with Crippen LogP contribution in [0.15, 0.2) is 30.3 Å². The number of hydrogen-bond donors (Lipinski definition) is 0. The van der Waals surface area contributed by atoms with Gasteiger partial charge in [0.2, 0.25) is 0 Å². The Morgan fingerprint density at radius 1 is 1.14 bits per heavy atom. The van der Waals surface area contributed by atoms with Gasteiger partial charge in [0, 0.05) is 6.08 Å². The normalized spacial score (nSPS) is 11.6. The van der Waals surface area contributed by atoms with Crippen molar-refractivity contribution < 1.29 is 0 Å². The van der Waals surface area contributed by atoms with Gasteiger partial charge >= 0.3 is 0 Å². The molecule has 0 amide bonds. The second-order valence-electron chi connectivity index (χ2n) is 4.33. The molecule has 0 aliphatic rings. The third-order valence-corrected chi connectivity index (χ3v) is 4.19. The zero-order chi connectivity index (χ0) is 10.6. The topological polar surface area (TPSA) is 23.8 Å². The van der Waals surface area contributed by atoms with E-state index in [0.717, 1.165) is 5.56 Å². The van der Waals surface area contributed by atoms with Gasteiger partial charge < -0.3 is 0 Å². The van der Waals surface area contributed by atoms with Crippen LogP contribution in [-0.2, 0) is 0 Å². The van der Waals surface area contributed by atoms with Gasteiger partial charge in [-0.25, -0.2) is 0 Å². The molecule has 1 aromatic carbocycles. The van der Waals surface area contributed by atoms with Gasteiger partial charge in [0.25, 0.3) is 0 Å². The van der Waals surface area contributed by atoms with E-state index in [-0.39, 0.29) is 0 Å². The van der Waals surface area contributed by atoms with E-state index in [4.69, 9.17) is 5.26 Å². The molecule has 0 bridgehead atoms. The molecule has 0 heterocycles. The van der Waals surface area contributed by atoms with Gasteiger partial charge in [-0.15, -0.1) is 0 Å². The van der Waals surface area contributed by atoms with E-state index < -0.39 is 8.07 Å². The first kappa shape index (κ1) is 10.7. The Hall–Kier alpha value is -1.33. The number of benzene rings is 1. The number of hydrogen-bond acceptors (Lipinski definition) is 1. The van der Waals surface area contributed by atoms with Crippen LogP contribution in [0, 0.1) is 11.3 Å². The molecule has 1 aromatic rings. The van der Waals surface area contributed by atoms with E-state index in [9.17, 15) is 0 Å². The average Bonchev–Trinajstić information content (AvgIpc) is 2.14. The highest BCUT2D eigenvalue weighted by molar-refractivity contribution is 6.88. The summed E-state index contributed by atoms with van der Waals surface area (Å²) in [6.07, 6.45) is 3.33. The summed E-state index contributed by atoms with van der Waals surface area (Å²) in [6, 6.07) is 10.5. The Balaban J connectivity index is 2.91. The monoisotopic (exact) mass is 201 g/mol. The van der Waals surface area contributed by atoms with Crippen molar-refractivity contribution in [3.05, 3.63) is 35.9 Å². The van der Waals surface area contributed by atoms with Crippen molar-refractivity contribution in [2.45, 2.75) is 19.6 Å². The van der Waals surface area contributed by atoms with Crippen LogP contribution in [-0.4, -0.2) is 8.07 Å². The Kier molecular flexibility index (Phi) is 3.26. The molecule has 0 fully saturated rings. The fourth-order valence-electron chi connectivity index (χ4n) is 1.23. The van der Waals surface area contributed by atoms with Crippen LogP contribution in [0.3, 0.4) is 0 Å². The summed E-state index contributed by atoms with van der Waals surface area (Å²) in [5, 5.41) is 9.83. The number of nitrogens with zero attached hydrogens (tertiary/aromatic N) is 1. The summed E-state index contributed by atoms with van der Waals surface area (Å²) in [7, 11) is -1.18. The molecule has 0 saturated heterocycles. The lowest BCUT2D eigenvalue weighted by molar-refractivity contribution is 1.54. The van der Waals surface area contributed by atoms with Crippen molar-refractivity contribution >= 4 is 19.3 Å². The molecule has 0 aliphatic carbocycles. The molecular formula is C12H15NSi. The van der Waals surface area contributed by atoms with Gasteiger partial charge in [-0.05, 0) is 11.6 Å². The highest BCUT2D eigenvalue weighted by Gasteiger charge is 2.15. The van der Waals surface area contributed by atoms with Crippen molar-refractivity contribution in [3.63, 3.8) is 0 Å². The Morgan fingerprint density at radius 2 is 1.71 bits per heavy atom. The summed E-state index contributed by atoms with van der Waals surface area (Å²) in [4.78, 5) is 0. The largest absolute Gasteiger partial charge is 0.193 e. The molecule has 1 nitrogen and oxygen atoms in total. The van der Waals surface area contributed by atoms with Crippen molar-refractivity contribution in [3.8, 4) is 6.07 Å². The predicted octanol–water partition coefficient (Wildman–Crippen LogP) is 2.77. The summed E-state index contributed by atoms with van der Waals surface area (Å²) in [5.41, 5.74) is 1.09. The Bertz CT molecular complexity index is 363. The predicted molar refractivity (Wildman–Crippen MR) is 64.1 cm³/mol. The highest BCUT2D eigenvalue weighted by atomic mass is 28.3. The van der Waals surface area contributed by atoms with E-state index in [1.165, 1.54) is 11.3 Å². The molecule has 0 saturated carbocycles. The first-order valence-corrected chi connectivity index (χ1v) is 8.21. The molecular weight excluding hydrogens is 186 g/mol. The fraction of sp³-hybridized carbons (Fsp3) is 0.250. The second kappa shape index (κ2) is 4.25. The van der Waals surface area contributed by atoms with Gasteiger partial charge in [-0.3, -0.25) is 0 Å². The third kappa shape index (κ3) is 2.86. The van der Waals surface area contributed by atoms with Crippen LogP contribution in [0.4, 0.5) is 0 Å². The van der Waals surface area contributed by atoms with Gasteiger partial charge in [0.05, 0.1) is 14.1 Å². The van der Waals surface area contributed by atoms with Gasteiger partial charge in [-0.2, -0.15) is 5.26 Å². The molecule has 0 aromatic heterocycles. The Labute approximate surface area is 86.7 Å². The van der Waals surface area contributed by atoms with Crippen molar-refractivity contribution in [1.29, 1.82) is 5.26 Å². The average molecular weight is 201 g/mol. The van der Waals surface area contributed by atoms with Crippen LogP contribution in [0.1, 0.15) is 5.56 Å². The van der Waals surface area contributed by atoms with E-state index in [1.807, 2.05) is 12.1 Å². The minimum absolute atomic E-state index is 1.09. The van der Waals surface area contributed by atoms with E-state index in [2.05, 4.69) is 43.9 Å². The van der Waals surface area contributed by atoms with Gasteiger partial charge in [-0.1, -0.05) is 49.1 Å². The quantitative estimate of drug-likeness (QED) is 0.533. The number of allylic oxidation sites excluding steroid dienone is 1.